The van der Waals surface area contributed by atoms with Crippen LogP contribution < -0.4 is 5.32 Å². The van der Waals surface area contributed by atoms with Crippen LogP contribution in [0.4, 0.5) is 0 Å². The molecule has 7 nitrogen and oxygen atoms in total. The molecule has 1 atom stereocenters. The molecule has 0 radical (unpaired) electrons. The van der Waals surface area contributed by atoms with Crippen LogP contribution in [0.1, 0.15) is 22.3 Å². The zero-order valence-electron chi connectivity index (χ0n) is 14.7. The van der Waals surface area contributed by atoms with Crippen LogP contribution in [0, 0.1) is 6.92 Å². The van der Waals surface area contributed by atoms with E-state index in [1.165, 1.54) is 6.08 Å². The Morgan fingerprint density at radius 1 is 1.36 bits per heavy atom. The van der Waals surface area contributed by atoms with Crippen molar-refractivity contribution in [1.82, 2.24) is 10.2 Å². The SMILES string of the molecule is COC(CCN(C)/C=C\C(=O)NC=O)COC(=O)c1cccc(C)c1. The molecule has 0 aromatic heterocycles. The van der Waals surface area contributed by atoms with Crippen molar-refractivity contribution >= 4 is 18.3 Å². The molecule has 2 amide bonds. The maximum absolute atomic E-state index is 12.0. The highest BCUT2D eigenvalue weighted by Gasteiger charge is 2.13. The molecule has 1 aromatic rings. The van der Waals surface area contributed by atoms with E-state index in [4.69, 9.17) is 9.47 Å². The van der Waals surface area contributed by atoms with Crippen LogP contribution in [0.3, 0.4) is 0 Å². The number of carbonyl (C=O) groups excluding carboxylic acids is 3. The van der Waals surface area contributed by atoms with Crippen LogP contribution in [-0.2, 0) is 19.1 Å². The first-order valence-corrected chi connectivity index (χ1v) is 7.85. The molecule has 1 aromatic carbocycles. The number of methoxy groups -OCH3 is 1. The number of nitrogens with zero attached hydrogens (tertiary/aromatic N) is 1. The number of carbonyl (C=O) groups is 3. The average molecular weight is 348 g/mol. The lowest BCUT2D eigenvalue weighted by Gasteiger charge is -2.19. The van der Waals surface area contributed by atoms with E-state index in [1.54, 1.807) is 37.4 Å². The van der Waals surface area contributed by atoms with Gasteiger partial charge in [-0.25, -0.2) is 4.79 Å². The van der Waals surface area contributed by atoms with Crippen LogP contribution in [0.15, 0.2) is 36.5 Å². The van der Waals surface area contributed by atoms with Crippen LogP contribution >= 0.6 is 0 Å². The second-order valence-corrected chi connectivity index (χ2v) is 5.54. The van der Waals surface area contributed by atoms with E-state index in [9.17, 15) is 14.4 Å². The van der Waals surface area contributed by atoms with Gasteiger partial charge in [0.1, 0.15) is 6.61 Å². The van der Waals surface area contributed by atoms with Gasteiger partial charge >= 0.3 is 5.97 Å². The third-order valence-corrected chi connectivity index (χ3v) is 3.47. The monoisotopic (exact) mass is 348 g/mol. The molecule has 136 valence electrons. The first kappa shape index (κ1) is 20.4. The van der Waals surface area contributed by atoms with Gasteiger partial charge < -0.3 is 14.4 Å². The molecule has 0 bridgehead atoms. The minimum Gasteiger partial charge on any atom is -0.459 e. The predicted octanol–water partition coefficient (Wildman–Crippen LogP) is 1.28. The Morgan fingerprint density at radius 2 is 2.12 bits per heavy atom. The Hall–Kier alpha value is -2.67. The summed E-state index contributed by atoms with van der Waals surface area (Å²) in [5, 5.41) is 2.01. The fourth-order valence-electron chi connectivity index (χ4n) is 2.02. The molecule has 1 unspecified atom stereocenters. The summed E-state index contributed by atoms with van der Waals surface area (Å²) in [6, 6.07) is 7.20. The van der Waals surface area contributed by atoms with Crippen molar-refractivity contribution in [3.05, 3.63) is 47.7 Å². The van der Waals surface area contributed by atoms with E-state index in [-0.39, 0.29) is 18.7 Å². The van der Waals surface area contributed by atoms with E-state index in [0.29, 0.717) is 24.9 Å². The lowest BCUT2D eigenvalue weighted by atomic mass is 10.1. The van der Waals surface area contributed by atoms with Crippen LogP contribution in [-0.4, -0.2) is 56.6 Å². The number of hydrogen-bond donors (Lipinski definition) is 1. The molecule has 0 aliphatic heterocycles. The number of esters is 1. The summed E-state index contributed by atoms with van der Waals surface area (Å²) in [4.78, 5) is 35.1. The fourth-order valence-corrected chi connectivity index (χ4v) is 2.02. The normalized spacial score (nSPS) is 11.8. The molecule has 0 fully saturated rings. The largest absolute Gasteiger partial charge is 0.459 e. The van der Waals surface area contributed by atoms with Crippen LogP contribution in [0.5, 0.6) is 0 Å². The quantitative estimate of drug-likeness (QED) is 0.389. The van der Waals surface area contributed by atoms with E-state index in [1.807, 2.05) is 24.4 Å². The second-order valence-electron chi connectivity index (χ2n) is 5.54. The molecule has 0 spiro atoms. The number of imide groups is 1. The number of hydrogen-bond acceptors (Lipinski definition) is 6. The van der Waals surface area contributed by atoms with Gasteiger partial charge in [-0.1, -0.05) is 17.7 Å². The van der Waals surface area contributed by atoms with Gasteiger partial charge in [-0.15, -0.1) is 0 Å². The topological polar surface area (TPSA) is 84.9 Å². The lowest BCUT2D eigenvalue weighted by molar-refractivity contribution is -0.121. The highest BCUT2D eigenvalue weighted by atomic mass is 16.6. The molecule has 1 N–H and O–H groups in total. The molecular weight excluding hydrogens is 324 g/mol. The maximum Gasteiger partial charge on any atom is 0.338 e. The first-order chi connectivity index (χ1) is 12.0. The Balaban J connectivity index is 2.40. The Bertz CT molecular complexity index is 615. The van der Waals surface area contributed by atoms with Crippen LogP contribution in [0.25, 0.3) is 0 Å². The third-order valence-electron chi connectivity index (χ3n) is 3.47. The van der Waals surface area contributed by atoms with Crippen LogP contribution in [0.2, 0.25) is 0 Å². The highest BCUT2D eigenvalue weighted by molar-refractivity contribution is 5.94. The number of aryl methyl sites for hydroxylation is 1. The van der Waals surface area contributed by atoms with Crippen molar-refractivity contribution in [2.45, 2.75) is 19.4 Å². The van der Waals surface area contributed by atoms with Gasteiger partial charge in [-0.05, 0) is 25.5 Å². The van der Waals surface area contributed by atoms with Crippen molar-refractivity contribution in [3.63, 3.8) is 0 Å². The van der Waals surface area contributed by atoms with Crippen molar-refractivity contribution in [3.8, 4) is 0 Å². The van der Waals surface area contributed by atoms with Crippen molar-refractivity contribution < 1.29 is 23.9 Å². The summed E-state index contributed by atoms with van der Waals surface area (Å²) in [6.45, 7) is 2.64. The first-order valence-electron chi connectivity index (χ1n) is 7.85. The van der Waals surface area contributed by atoms with Gasteiger partial charge in [0, 0.05) is 33.0 Å². The van der Waals surface area contributed by atoms with Crippen molar-refractivity contribution in [2.75, 3.05) is 27.3 Å². The van der Waals surface area contributed by atoms with Gasteiger partial charge in [0.15, 0.2) is 0 Å². The number of nitrogens with one attached hydrogen (secondary N) is 1. The number of benzene rings is 1. The Morgan fingerprint density at radius 3 is 2.76 bits per heavy atom. The molecule has 0 saturated heterocycles. The van der Waals surface area contributed by atoms with Crippen molar-refractivity contribution in [2.24, 2.45) is 0 Å². The van der Waals surface area contributed by atoms with Gasteiger partial charge in [-0.3, -0.25) is 14.9 Å². The second kappa shape index (κ2) is 11.0. The molecule has 0 aliphatic rings. The summed E-state index contributed by atoms with van der Waals surface area (Å²) >= 11 is 0. The standard InChI is InChI=1S/C18H24N2O5/c1-14-5-4-6-15(11-14)18(23)25-12-16(24-3)7-9-20(2)10-8-17(22)19-13-21/h4-6,8,10-11,13,16H,7,9,12H2,1-3H3,(H,19,21,22)/b10-8-. The minimum absolute atomic E-state index is 0.145. The number of rotatable bonds is 10. The Labute approximate surface area is 147 Å². The molecule has 0 heterocycles. The molecular formula is C18H24N2O5. The van der Waals surface area contributed by atoms with E-state index in [0.717, 1.165) is 5.56 Å². The fraction of sp³-hybridized carbons (Fsp3) is 0.389. The summed E-state index contributed by atoms with van der Waals surface area (Å²) in [5.74, 6) is -0.873. The number of ether oxygens (including phenoxy) is 2. The van der Waals surface area contributed by atoms with E-state index >= 15 is 0 Å². The smallest absolute Gasteiger partial charge is 0.338 e. The van der Waals surface area contributed by atoms with E-state index < -0.39 is 5.91 Å². The molecule has 1 rings (SSSR count). The van der Waals surface area contributed by atoms with E-state index in [2.05, 4.69) is 0 Å². The predicted molar refractivity (Wildman–Crippen MR) is 92.9 cm³/mol. The lowest BCUT2D eigenvalue weighted by Crippen LogP contribution is -2.26. The number of amides is 2. The van der Waals surface area contributed by atoms with Gasteiger partial charge in [0.25, 0.3) is 5.91 Å². The van der Waals surface area contributed by atoms with Crippen molar-refractivity contribution in [1.29, 1.82) is 0 Å². The molecule has 25 heavy (non-hydrogen) atoms. The zero-order valence-corrected chi connectivity index (χ0v) is 14.7. The zero-order chi connectivity index (χ0) is 18.7. The maximum atomic E-state index is 12.0. The average Bonchev–Trinajstić information content (AvgIpc) is 2.60. The summed E-state index contributed by atoms with van der Waals surface area (Å²) in [6.07, 6.45) is 3.50. The summed E-state index contributed by atoms with van der Waals surface area (Å²) in [5.41, 5.74) is 1.50. The van der Waals surface area contributed by atoms with Gasteiger partial charge in [0.05, 0.1) is 11.7 Å². The molecule has 0 saturated carbocycles. The van der Waals surface area contributed by atoms with Gasteiger partial charge in [0.2, 0.25) is 6.41 Å². The molecule has 0 aliphatic carbocycles. The third kappa shape index (κ3) is 8.12. The van der Waals surface area contributed by atoms with Gasteiger partial charge in [-0.2, -0.15) is 0 Å². The Kier molecular flexibility index (Phi) is 8.95. The summed E-state index contributed by atoms with van der Waals surface area (Å²) < 4.78 is 10.6. The summed E-state index contributed by atoms with van der Waals surface area (Å²) in [7, 11) is 3.34. The molecule has 7 heteroatoms. The minimum atomic E-state index is -0.489. The highest BCUT2D eigenvalue weighted by Crippen LogP contribution is 2.07.